The van der Waals surface area contributed by atoms with E-state index in [2.05, 4.69) is 34.4 Å². The molecule has 0 saturated carbocycles. The molecular formula is C18H24N4O2S. The third-order valence-electron chi connectivity index (χ3n) is 5.27. The van der Waals surface area contributed by atoms with Crippen LogP contribution in [0.15, 0.2) is 24.4 Å². The lowest BCUT2D eigenvalue weighted by Crippen LogP contribution is -2.35. The van der Waals surface area contributed by atoms with Crippen LogP contribution in [0.5, 0.6) is 0 Å². The molecule has 4 heterocycles. The number of aromatic nitrogens is 2. The summed E-state index contributed by atoms with van der Waals surface area (Å²) in [6.45, 7) is 6.60. The van der Waals surface area contributed by atoms with Crippen LogP contribution in [0.4, 0.5) is 0 Å². The van der Waals surface area contributed by atoms with E-state index in [1.165, 1.54) is 9.75 Å². The van der Waals surface area contributed by atoms with Crippen LogP contribution in [-0.4, -0.2) is 52.9 Å². The molecule has 2 aromatic rings. The zero-order valence-corrected chi connectivity index (χ0v) is 15.5. The van der Waals surface area contributed by atoms with Crippen LogP contribution < -0.4 is 5.32 Å². The molecule has 0 radical (unpaired) electrons. The molecule has 134 valence electrons. The molecular weight excluding hydrogens is 336 g/mol. The summed E-state index contributed by atoms with van der Waals surface area (Å²) in [5, 5.41) is 7.10. The average Bonchev–Trinajstić information content (AvgIpc) is 3.32. The minimum atomic E-state index is -0.0626. The molecule has 1 amide bonds. The first-order valence-corrected chi connectivity index (χ1v) is 9.57. The van der Waals surface area contributed by atoms with Gasteiger partial charge in [-0.25, -0.2) is 0 Å². The number of nitrogens with one attached hydrogen (secondary N) is 1. The standard InChI is InChI=1S/C18H24N4O2S/c1-12-3-4-14(25-12)8-22-9-15-13(11-24-17(15)10-22)7-19-18(23)16-5-6-20-21(16)2/h3-6,13,15,17H,7-11H2,1-2H3,(H,19,23)/t13-,15+,17+/m1/s1. The zero-order valence-electron chi connectivity index (χ0n) is 14.6. The van der Waals surface area contributed by atoms with Gasteiger partial charge in [0.25, 0.3) is 5.91 Å². The Morgan fingerprint density at radius 3 is 3.00 bits per heavy atom. The lowest BCUT2D eigenvalue weighted by molar-refractivity contribution is 0.0899. The van der Waals surface area contributed by atoms with Crippen LogP contribution in [0.25, 0.3) is 0 Å². The Labute approximate surface area is 151 Å². The van der Waals surface area contributed by atoms with Crippen molar-refractivity contribution in [3.8, 4) is 0 Å². The fourth-order valence-electron chi connectivity index (χ4n) is 3.92. The monoisotopic (exact) mass is 360 g/mol. The Morgan fingerprint density at radius 2 is 2.28 bits per heavy atom. The largest absolute Gasteiger partial charge is 0.376 e. The molecule has 2 aliphatic rings. The second-order valence-electron chi connectivity index (χ2n) is 7.05. The van der Waals surface area contributed by atoms with E-state index < -0.39 is 0 Å². The minimum absolute atomic E-state index is 0.0626. The lowest BCUT2D eigenvalue weighted by atomic mass is 9.93. The minimum Gasteiger partial charge on any atom is -0.376 e. The highest BCUT2D eigenvalue weighted by Gasteiger charge is 2.43. The Hall–Kier alpha value is -1.70. The summed E-state index contributed by atoms with van der Waals surface area (Å²) in [6.07, 6.45) is 1.95. The van der Waals surface area contributed by atoms with Gasteiger partial charge in [0.15, 0.2) is 0 Å². The predicted octanol–water partition coefficient (Wildman–Crippen LogP) is 1.67. The Bertz CT molecular complexity index is 756. The van der Waals surface area contributed by atoms with Gasteiger partial charge in [-0.05, 0) is 25.1 Å². The summed E-state index contributed by atoms with van der Waals surface area (Å²) < 4.78 is 7.60. The Morgan fingerprint density at radius 1 is 1.40 bits per heavy atom. The van der Waals surface area contributed by atoms with Gasteiger partial charge in [0.05, 0.1) is 12.7 Å². The Balaban J connectivity index is 1.31. The number of rotatable bonds is 5. The highest BCUT2D eigenvalue weighted by atomic mass is 32.1. The van der Waals surface area contributed by atoms with Crippen molar-refractivity contribution in [3.05, 3.63) is 39.8 Å². The van der Waals surface area contributed by atoms with Gasteiger partial charge >= 0.3 is 0 Å². The van der Waals surface area contributed by atoms with Crippen LogP contribution in [0, 0.1) is 18.8 Å². The number of hydrogen-bond donors (Lipinski definition) is 1. The number of carbonyl (C=O) groups excluding carboxylic acids is 1. The van der Waals surface area contributed by atoms with Crippen molar-refractivity contribution in [2.75, 3.05) is 26.2 Å². The maximum atomic E-state index is 12.3. The van der Waals surface area contributed by atoms with Crippen molar-refractivity contribution in [3.63, 3.8) is 0 Å². The summed E-state index contributed by atoms with van der Waals surface area (Å²) >= 11 is 1.87. The fraction of sp³-hybridized carbons (Fsp3) is 0.556. The third kappa shape index (κ3) is 3.49. The number of likely N-dealkylation sites (tertiary alicyclic amines) is 1. The van der Waals surface area contributed by atoms with E-state index in [9.17, 15) is 4.79 Å². The van der Waals surface area contributed by atoms with Crippen molar-refractivity contribution in [2.45, 2.75) is 19.6 Å². The van der Waals surface area contributed by atoms with Crippen molar-refractivity contribution < 1.29 is 9.53 Å². The van der Waals surface area contributed by atoms with Gasteiger partial charge in [-0.2, -0.15) is 5.10 Å². The van der Waals surface area contributed by atoms with E-state index in [-0.39, 0.29) is 5.91 Å². The summed E-state index contributed by atoms with van der Waals surface area (Å²) in [6, 6.07) is 6.15. The molecule has 2 aliphatic heterocycles. The van der Waals surface area contributed by atoms with Gasteiger partial charge in [0.1, 0.15) is 5.69 Å². The number of carbonyl (C=O) groups is 1. The number of ether oxygens (including phenoxy) is 1. The molecule has 2 fully saturated rings. The number of hydrogen-bond acceptors (Lipinski definition) is 5. The SMILES string of the molecule is Cc1ccc(CN2C[C@H]3[C@H](CNC(=O)c4ccnn4C)CO[C@H]3C2)s1. The van der Waals surface area contributed by atoms with E-state index in [1.807, 2.05) is 11.3 Å². The number of amides is 1. The topological polar surface area (TPSA) is 59.4 Å². The molecule has 0 bridgehead atoms. The number of thiophene rings is 1. The van der Waals surface area contributed by atoms with E-state index in [4.69, 9.17) is 4.74 Å². The van der Waals surface area contributed by atoms with Crippen LogP contribution in [0.3, 0.4) is 0 Å². The molecule has 0 aliphatic carbocycles. The van der Waals surface area contributed by atoms with Gasteiger partial charge in [-0.3, -0.25) is 14.4 Å². The summed E-state index contributed by atoms with van der Waals surface area (Å²) in [7, 11) is 1.78. The fourth-order valence-corrected chi connectivity index (χ4v) is 4.85. The number of nitrogens with zero attached hydrogens (tertiary/aromatic N) is 3. The number of fused-ring (bicyclic) bond motifs is 1. The van der Waals surface area contributed by atoms with E-state index in [0.717, 1.165) is 26.2 Å². The molecule has 3 atom stereocenters. The average molecular weight is 360 g/mol. The third-order valence-corrected chi connectivity index (χ3v) is 6.25. The Kier molecular flexibility index (Phi) is 4.62. The van der Waals surface area contributed by atoms with E-state index >= 15 is 0 Å². The van der Waals surface area contributed by atoms with Crippen LogP contribution >= 0.6 is 11.3 Å². The zero-order chi connectivity index (χ0) is 17.4. The molecule has 7 heteroatoms. The quantitative estimate of drug-likeness (QED) is 0.881. The van der Waals surface area contributed by atoms with Crippen molar-refractivity contribution in [1.29, 1.82) is 0 Å². The van der Waals surface area contributed by atoms with Gasteiger partial charge < -0.3 is 10.1 Å². The maximum Gasteiger partial charge on any atom is 0.269 e. The first kappa shape index (κ1) is 16.8. The summed E-state index contributed by atoms with van der Waals surface area (Å²) in [5.41, 5.74) is 0.594. The van der Waals surface area contributed by atoms with Crippen molar-refractivity contribution in [2.24, 2.45) is 18.9 Å². The molecule has 0 unspecified atom stereocenters. The van der Waals surface area contributed by atoms with Crippen LogP contribution in [0.1, 0.15) is 20.2 Å². The van der Waals surface area contributed by atoms with Gasteiger partial charge in [-0.15, -0.1) is 11.3 Å². The van der Waals surface area contributed by atoms with E-state index in [0.29, 0.717) is 30.2 Å². The lowest BCUT2D eigenvalue weighted by Gasteiger charge is -2.19. The van der Waals surface area contributed by atoms with Gasteiger partial charge in [0.2, 0.25) is 0 Å². The smallest absolute Gasteiger partial charge is 0.269 e. The predicted molar refractivity (Wildman–Crippen MR) is 96.6 cm³/mol. The highest BCUT2D eigenvalue weighted by Crippen LogP contribution is 2.34. The van der Waals surface area contributed by atoms with Crippen molar-refractivity contribution >= 4 is 17.2 Å². The summed E-state index contributed by atoms with van der Waals surface area (Å²) in [4.78, 5) is 17.5. The molecule has 4 rings (SSSR count). The second-order valence-corrected chi connectivity index (χ2v) is 8.42. The number of aryl methyl sites for hydroxylation is 2. The van der Waals surface area contributed by atoms with Gasteiger partial charge in [0, 0.05) is 61.0 Å². The molecule has 6 nitrogen and oxygen atoms in total. The molecule has 2 aromatic heterocycles. The normalized spacial score (nSPS) is 26.1. The van der Waals surface area contributed by atoms with Crippen molar-refractivity contribution in [1.82, 2.24) is 20.0 Å². The van der Waals surface area contributed by atoms with Crippen LogP contribution in [0.2, 0.25) is 0 Å². The van der Waals surface area contributed by atoms with Gasteiger partial charge in [-0.1, -0.05) is 0 Å². The summed E-state index contributed by atoms with van der Waals surface area (Å²) in [5.74, 6) is 0.831. The first-order valence-electron chi connectivity index (χ1n) is 8.75. The first-order chi connectivity index (χ1) is 12.1. The molecule has 25 heavy (non-hydrogen) atoms. The maximum absolute atomic E-state index is 12.3. The van der Waals surface area contributed by atoms with Crippen LogP contribution in [-0.2, 0) is 18.3 Å². The molecule has 2 saturated heterocycles. The second kappa shape index (κ2) is 6.90. The molecule has 0 aromatic carbocycles. The molecule has 0 spiro atoms. The highest BCUT2D eigenvalue weighted by molar-refractivity contribution is 7.11. The van der Waals surface area contributed by atoms with E-state index in [1.54, 1.807) is 24.0 Å². The molecule has 1 N–H and O–H groups in total.